The zero-order valence-corrected chi connectivity index (χ0v) is 10.8. The number of carbonyl (C=O) groups is 2. The van der Waals surface area contributed by atoms with Crippen LogP contribution in [0.5, 0.6) is 0 Å². The van der Waals surface area contributed by atoms with Gasteiger partial charge in [0.05, 0.1) is 0 Å². The van der Waals surface area contributed by atoms with Crippen molar-refractivity contribution in [3.63, 3.8) is 0 Å². The molecule has 16 heavy (non-hydrogen) atoms. The van der Waals surface area contributed by atoms with E-state index in [1.807, 2.05) is 0 Å². The van der Waals surface area contributed by atoms with E-state index in [2.05, 4.69) is 0 Å². The van der Waals surface area contributed by atoms with Gasteiger partial charge in [-0.05, 0) is 20.8 Å². The number of likely N-dealkylation sites (N-methyl/N-ethyl adjacent to an activating group) is 1. The maximum atomic E-state index is 11.7. The minimum absolute atomic E-state index is 0.415. The highest BCUT2D eigenvalue weighted by Crippen LogP contribution is 2.35. The number of rotatable bonds is 2. The Balaban J connectivity index is 2.73. The van der Waals surface area contributed by atoms with Gasteiger partial charge in [-0.25, -0.2) is 9.59 Å². The summed E-state index contributed by atoms with van der Waals surface area (Å²) >= 11 is 1.51. The molecule has 1 heterocycles. The van der Waals surface area contributed by atoms with Gasteiger partial charge in [-0.1, -0.05) is 0 Å². The van der Waals surface area contributed by atoms with Crippen LogP contribution < -0.4 is 0 Å². The molecule has 1 N–H and O–H groups in total. The summed E-state index contributed by atoms with van der Waals surface area (Å²) in [6.07, 6.45) is -0.588. The van der Waals surface area contributed by atoms with Crippen LogP contribution in [-0.2, 0) is 9.53 Å². The molecule has 1 aliphatic rings. The third-order valence-electron chi connectivity index (χ3n) is 2.39. The van der Waals surface area contributed by atoms with E-state index < -0.39 is 23.2 Å². The van der Waals surface area contributed by atoms with Crippen LogP contribution in [0.2, 0.25) is 0 Å². The molecule has 1 saturated heterocycles. The normalized spacial score (nSPS) is 18.5. The Morgan fingerprint density at radius 2 is 1.88 bits per heavy atom. The molecule has 0 aromatic heterocycles. The molecule has 1 fully saturated rings. The van der Waals surface area contributed by atoms with Crippen LogP contribution in [0, 0.1) is 0 Å². The first-order valence-electron chi connectivity index (χ1n) is 4.97. The van der Waals surface area contributed by atoms with Crippen LogP contribution in [0.3, 0.4) is 0 Å². The fourth-order valence-electron chi connectivity index (χ4n) is 1.26. The van der Waals surface area contributed by atoms with Crippen LogP contribution in [0.4, 0.5) is 4.79 Å². The molecule has 1 aliphatic heterocycles. The van der Waals surface area contributed by atoms with Gasteiger partial charge >= 0.3 is 12.1 Å². The van der Waals surface area contributed by atoms with E-state index in [0.29, 0.717) is 11.5 Å². The van der Waals surface area contributed by atoms with Gasteiger partial charge in [0.15, 0.2) is 5.54 Å². The van der Waals surface area contributed by atoms with Crippen molar-refractivity contribution in [3.05, 3.63) is 0 Å². The molecule has 1 rings (SSSR count). The number of hydrogen-bond donors (Lipinski definition) is 1. The fourth-order valence-corrected chi connectivity index (χ4v) is 2.49. The molecule has 0 unspecified atom stereocenters. The van der Waals surface area contributed by atoms with E-state index in [4.69, 9.17) is 9.84 Å². The first-order chi connectivity index (χ1) is 7.19. The number of thioether (sulfide) groups is 1. The topological polar surface area (TPSA) is 66.8 Å². The van der Waals surface area contributed by atoms with Gasteiger partial charge in [-0.3, -0.25) is 4.90 Å². The summed E-state index contributed by atoms with van der Waals surface area (Å²) in [7, 11) is 1.47. The molecule has 0 radical (unpaired) electrons. The number of amides is 1. The second kappa shape index (κ2) is 4.16. The fraction of sp³-hybridized carbons (Fsp3) is 0.800. The molecule has 0 bridgehead atoms. The molecule has 0 spiro atoms. The SMILES string of the molecule is CN(C(=O)OC(C)(C)C)C1(C(=O)O)CSC1. The predicted octanol–water partition coefficient (Wildman–Crippen LogP) is 1.42. The first-order valence-corrected chi connectivity index (χ1v) is 6.12. The minimum atomic E-state index is -1.09. The highest BCUT2D eigenvalue weighted by molar-refractivity contribution is 8.01. The van der Waals surface area contributed by atoms with Crippen molar-refractivity contribution >= 4 is 23.8 Å². The molecular formula is C10H17NO4S. The molecule has 0 aliphatic carbocycles. The van der Waals surface area contributed by atoms with Crippen molar-refractivity contribution in [2.75, 3.05) is 18.6 Å². The lowest BCUT2D eigenvalue weighted by Crippen LogP contribution is -2.64. The van der Waals surface area contributed by atoms with Crippen LogP contribution >= 0.6 is 11.8 Å². The quantitative estimate of drug-likeness (QED) is 0.799. The zero-order chi connectivity index (χ0) is 12.6. The van der Waals surface area contributed by atoms with E-state index in [9.17, 15) is 9.59 Å². The number of carbonyl (C=O) groups excluding carboxylic acids is 1. The number of hydrogen-bond acceptors (Lipinski definition) is 4. The molecule has 0 aromatic carbocycles. The van der Waals surface area contributed by atoms with E-state index in [1.165, 1.54) is 23.7 Å². The zero-order valence-electron chi connectivity index (χ0n) is 9.94. The van der Waals surface area contributed by atoms with Crippen LogP contribution in [0.15, 0.2) is 0 Å². The molecular weight excluding hydrogens is 230 g/mol. The first kappa shape index (κ1) is 13.2. The smallest absolute Gasteiger partial charge is 0.411 e. The Labute approximate surface area is 99.1 Å². The third kappa shape index (κ3) is 2.42. The Kier molecular flexibility index (Phi) is 3.42. The minimum Gasteiger partial charge on any atom is -0.479 e. The van der Waals surface area contributed by atoms with Crippen molar-refractivity contribution in [1.29, 1.82) is 0 Å². The maximum Gasteiger partial charge on any atom is 0.411 e. The van der Waals surface area contributed by atoms with Crippen molar-refractivity contribution in [2.24, 2.45) is 0 Å². The van der Waals surface area contributed by atoms with E-state index in [1.54, 1.807) is 20.8 Å². The van der Waals surface area contributed by atoms with Crippen molar-refractivity contribution in [1.82, 2.24) is 4.90 Å². The Morgan fingerprint density at radius 1 is 1.38 bits per heavy atom. The van der Waals surface area contributed by atoms with E-state index >= 15 is 0 Å². The van der Waals surface area contributed by atoms with Gasteiger partial charge in [0.1, 0.15) is 5.60 Å². The van der Waals surface area contributed by atoms with Crippen LogP contribution in [0.25, 0.3) is 0 Å². The lowest BCUT2D eigenvalue weighted by Gasteiger charge is -2.44. The van der Waals surface area contributed by atoms with Crippen LogP contribution in [-0.4, -0.2) is 51.8 Å². The highest BCUT2D eigenvalue weighted by atomic mass is 32.2. The largest absolute Gasteiger partial charge is 0.479 e. The lowest BCUT2D eigenvalue weighted by atomic mass is 10.0. The summed E-state index contributed by atoms with van der Waals surface area (Å²) in [5, 5.41) is 9.14. The number of carboxylic acids is 1. The van der Waals surface area contributed by atoms with Gasteiger partial charge < -0.3 is 9.84 Å². The molecule has 0 saturated carbocycles. The Bertz CT molecular complexity index is 306. The highest BCUT2D eigenvalue weighted by Gasteiger charge is 2.51. The monoisotopic (exact) mass is 247 g/mol. The second-order valence-electron chi connectivity index (χ2n) is 4.87. The summed E-state index contributed by atoms with van der Waals surface area (Å²) in [5.74, 6) is -0.143. The third-order valence-corrected chi connectivity index (χ3v) is 3.75. The predicted molar refractivity (Wildman–Crippen MR) is 61.7 cm³/mol. The summed E-state index contributed by atoms with van der Waals surface area (Å²) in [4.78, 5) is 24.1. The van der Waals surface area contributed by atoms with Gasteiger partial charge in [0.2, 0.25) is 0 Å². The molecule has 0 atom stereocenters. The Hall–Kier alpha value is -0.910. The van der Waals surface area contributed by atoms with Crippen molar-refractivity contribution in [3.8, 4) is 0 Å². The van der Waals surface area contributed by atoms with Gasteiger partial charge in [-0.15, -0.1) is 0 Å². The number of nitrogens with zero attached hydrogens (tertiary/aromatic N) is 1. The molecule has 6 heteroatoms. The summed E-state index contributed by atoms with van der Waals surface area (Å²) < 4.78 is 5.15. The van der Waals surface area contributed by atoms with Crippen molar-refractivity contribution < 1.29 is 19.4 Å². The number of carboxylic acid groups (broad SMARTS) is 1. The van der Waals surface area contributed by atoms with Crippen molar-refractivity contribution in [2.45, 2.75) is 31.9 Å². The van der Waals surface area contributed by atoms with Crippen LogP contribution in [0.1, 0.15) is 20.8 Å². The van der Waals surface area contributed by atoms with E-state index in [-0.39, 0.29) is 0 Å². The summed E-state index contributed by atoms with van der Waals surface area (Å²) in [5.41, 5.74) is -1.70. The molecule has 5 nitrogen and oxygen atoms in total. The summed E-state index contributed by atoms with van der Waals surface area (Å²) in [6, 6.07) is 0. The Morgan fingerprint density at radius 3 is 2.12 bits per heavy atom. The maximum absolute atomic E-state index is 11.7. The average molecular weight is 247 g/mol. The van der Waals surface area contributed by atoms with Gasteiger partial charge in [0, 0.05) is 18.6 Å². The number of aliphatic carboxylic acids is 1. The number of ether oxygens (including phenoxy) is 1. The molecule has 92 valence electrons. The molecule has 1 amide bonds. The van der Waals surface area contributed by atoms with E-state index in [0.717, 1.165) is 0 Å². The van der Waals surface area contributed by atoms with Gasteiger partial charge in [0.25, 0.3) is 0 Å². The van der Waals surface area contributed by atoms with Gasteiger partial charge in [-0.2, -0.15) is 11.8 Å². The average Bonchev–Trinajstić information content (AvgIpc) is 1.97. The molecule has 0 aromatic rings. The lowest BCUT2D eigenvalue weighted by molar-refractivity contribution is -0.148. The summed E-state index contributed by atoms with van der Waals surface area (Å²) in [6.45, 7) is 5.26. The second-order valence-corrected chi connectivity index (χ2v) is 5.85. The standard InChI is InChI=1S/C10H17NO4S/c1-9(2,3)15-8(14)11(4)10(7(12)13)5-16-6-10/h5-6H2,1-4H3,(H,12,13).